The summed E-state index contributed by atoms with van der Waals surface area (Å²) in [4.78, 5) is 19.9. The molecule has 0 aliphatic carbocycles. The van der Waals surface area contributed by atoms with Crippen LogP contribution in [-0.4, -0.2) is 36.6 Å². The predicted octanol–water partition coefficient (Wildman–Crippen LogP) is 5.12. The second-order valence-electron chi connectivity index (χ2n) is 8.04. The van der Waals surface area contributed by atoms with Gasteiger partial charge in [0.1, 0.15) is 5.82 Å². The summed E-state index contributed by atoms with van der Waals surface area (Å²) in [7, 11) is 3.18. The summed E-state index contributed by atoms with van der Waals surface area (Å²) in [6.45, 7) is 2.65. The van der Waals surface area contributed by atoms with Gasteiger partial charge in [-0.1, -0.05) is 18.2 Å². The van der Waals surface area contributed by atoms with Gasteiger partial charge in [-0.2, -0.15) is 0 Å². The monoisotopic (exact) mass is 434 g/mol. The van der Waals surface area contributed by atoms with E-state index in [4.69, 9.17) is 14.5 Å². The largest absolute Gasteiger partial charge is 0.493 e. The van der Waals surface area contributed by atoms with E-state index in [-0.39, 0.29) is 24.2 Å². The number of aromatic nitrogens is 1. The fraction of sp³-hybridized carbons (Fsp3) is 0.308. The normalized spacial score (nSPS) is 15.6. The highest BCUT2D eigenvalue weighted by molar-refractivity contribution is 5.80. The van der Waals surface area contributed by atoms with Crippen LogP contribution in [0, 0.1) is 12.7 Å². The lowest BCUT2D eigenvalue weighted by atomic mass is 10.0. The summed E-state index contributed by atoms with van der Waals surface area (Å²) >= 11 is 0. The van der Waals surface area contributed by atoms with Gasteiger partial charge in [-0.25, -0.2) is 4.39 Å². The van der Waals surface area contributed by atoms with E-state index in [0.717, 1.165) is 40.9 Å². The number of amides is 1. The van der Waals surface area contributed by atoms with Crippen LogP contribution in [0.4, 0.5) is 4.39 Å². The fourth-order valence-corrected chi connectivity index (χ4v) is 4.31. The molecule has 1 saturated heterocycles. The Morgan fingerprint density at radius 3 is 2.50 bits per heavy atom. The lowest BCUT2D eigenvalue weighted by molar-refractivity contribution is -0.131. The Bertz CT molecular complexity index is 1110. The van der Waals surface area contributed by atoms with Gasteiger partial charge in [-0.05, 0) is 72.9 Å². The zero-order chi connectivity index (χ0) is 22.7. The van der Waals surface area contributed by atoms with Gasteiger partial charge in [0.25, 0.3) is 0 Å². The maximum Gasteiger partial charge on any atom is 0.227 e. The standard InChI is InChI=1S/C26H27FN2O3/c1-17-13-20(19-7-9-21(27)10-8-19)16-22(28-17)23-5-4-12-29(23)26(30)15-18-6-11-24(31-2)25(14-18)32-3/h6-11,13-14,16,23H,4-5,12,15H2,1-3H3/t23-/m1/s1. The Morgan fingerprint density at radius 2 is 1.78 bits per heavy atom. The van der Waals surface area contributed by atoms with Crippen LogP contribution in [0.2, 0.25) is 0 Å². The first-order valence-corrected chi connectivity index (χ1v) is 10.7. The number of rotatable bonds is 6. The molecule has 1 aromatic heterocycles. The van der Waals surface area contributed by atoms with E-state index >= 15 is 0 Å². The molecule has 4 rings (SSSR count). The van der Waals surface area contributed by atoms with E-state index in [1.165, 1.54) is 12.1 Å². The number of pyridine rings is 1. The number of carbonyl (C=O) groups is 1. The highest BCUT2D eigenvalue weighted by Gasteiger charge is 2.31. The number of carbonyl (C=O) groups excluding carboxylic acids is 1. The minimum absolute atomic E-state index is 0.0614. The maximum atomic E-state index is 13.3. The third-order valence-corrected chi connectivity index (χ3v) is 5.87. The molecule has 2 heterocycles. The van der Waals surface area contributed by atoms with Gasteiger partial charge in [0, 0.05) is 12.2 Å². The minimum Gasteiger partial charge on any atom is -0.493 e. The second-order valence-corrected chi connectivity index (χ2v) is 8.04. The summed E-state index contributed by atoms with van der Waals surface area (Å²) < 4.78 is 24.0. The smallest absolute Gasteiger partial charge is 0.227 e. The number of halogens is 1. The van der Waals surface area contributed by atoms with E-state index in [1.54, 1.807) is 26.4 Å². The van der Waals surface area contributed by atoms with Crippen molar-refractivity contribution in [1.29, 1.82) is 0 Å². The van der Waals surface area contributed by atoms with Crippen LogP contribution in [0.5, 0.6) is 11.5 Å². The van der Waals surface area contributed by atoms with Gasteiger partial charge in [0.05, 0.1) is 32.4 Å². The first-order chi connectivity index (χ1) is 15.5. The number of hydrogen-bond donors (Lipinski definition) is 0. The molecular weight excluding hydrogens is 407 g/mol. The Hall–Kier alpha value is -3.41. The Balaban J connectivity index is 1.57. The molecule has 1 aliphatic rings. The van der Waals surface area contributed by atoms with Crippen molar-refractivity contribution < 1.29 is 18.7 Å². The van der Waals surface area contributed by atoms with Gasteiger partial charge in [-0.3, -0.25) is 9.78 Å². The van der Waals surface area contributed by atoms with E-state index in [1.807, 2.05) is 42.2 Å². The Kier molecular flexibility index (Phi) is 6.40. The number of benzene rings is 2. The summed E-state index contributed by atoms with van der Waals surface area (Å²) in [6, 6.07) is 15.9. The zero-order valence-corrected chi connectivity index (χ0v) is 18.6. The van der Waals surface area contributed by atoms with Crippen molar-refractivity contribution >= 4 is 5.91 Å². The molecule has 6 heteroatoms. The average molecular weight is 435 g/mol. The van der Waals surface area contributed by atoms with Crippen molar-refractivity contribution in [1.82, 2.24) is 9.88 Å². The van der Waals surface area contributed by atoms with Crippen LogP contribution in [0.25, 0.3) is 11.1 Å². The molecule has 5 nitrogen and oxygen atoms in total. The Labute approximate surface area is 187 Å². The number of likely N-dealkylation sites (tertiary alicyclic amines) is 1. The van der Waals surface area contributed by atoms with Gasteiger partial charge in [0.2, 0.25) is 5.91 Å². The first-order valence-electron chi connectivity index (χ1n) is 10.7. The number of hydrogen-bond acceptors (Lipinski definition) is 4. The van der Waals surface area contributed by atoms with Crippen molar-refractivity contribution in [3.63, 3.8) is 0 Å². The molecule has 0 spiro atoms. The van der Waals surface area contributed by atoms with Crippen molar-refractivity contribution in [2.75, 3.05) is 20.8 Å². The number of ether oxygens (including phenoxy) is 2. The van der Waals surface area contributed by atoms with E-state index in [0.29, 0.717) is 18.0 Å². The Morgan fingerprint density at radius 1 is 1.03 bits per heavy atom. The van der Waals surface area contributed by atoms with E-state index in [9.17, 15) is 9.18 Å². The van der Waals surface area contributed by atoms with Crippen LogP contribution >= 0.6 is 0 Å². The maximum absolute atomic E-state index is 13.3. The lowest BCUT2D eigenvalue weighted by Crippen LogP contribution is -2.32. The second kappa shape index (κ2) is 9.39. The molecule has 1 aliphatic heterocycles. The van der Waals surface area contributed by atoms with Gasteiger partial charge >= 0.3 is 0 Å². The van der Waals surface area contributed by atoms with Gasteiger partial charge in [0.15, 0.2) is 11.5 Å². The fourth-order valence-electron chi connectivity index (χ4n) is 4.31. The number of aryl methyl sites for hydroxylation is 1. The zero-order valence-electron chi connectivity index (χ0n) is 18.6. The highest BCUT2D eigenvalue weighted by atomic mass is 19.1. The molecule has 166 valence electrons. The predicted molar refractivity (Wildman–Crippen MR) is 121 cm³/mol. The molecule has 1 amide bonds. The van der Waals surface area contributed by atoms with Crippen molar-refractivity contribution in [3.8, 4) is 22.6 Å². The first kappa shape index (κ1) is 21.8. The number of nitrogens with zero attached hydrogens (tertiary/aromatic N) is 2. The van der Waals surface area contributed by atoms with E-state index < -0.39 is 0 Å². The highest BCUT2D eigenvalue weighted by Crippen LogP contribution is 2.34. The van der Waals surface area contributed by atoms with Crippen LogP contribution in [0.15, 0.2) is 54.6 Å². The van der Waals surface area contributed by atoms with Crippen LogP contribution in [0.1, 0.15) is 35.8 Å². The topological polar surface area (TPSA) is 51.7 Å². The molecule has 0 N–H and O–H groups in total. The molecule has 32 heavy (non-hydrogen) atoms. The molecule has 0 unspecified atom stereocenters. The SMILES string of the molecule is COc1ccc(CC(=O)N2CCC[C@@H]2c2cc(-c3ccc(F)cc3)cc(C)n2)cc1OC. The summed E-state index contributed by atoms with van der Waals surface area (Å²) in [6.07, 6.45) is 2.09. The molecule has 0 bridgehead atoms. The third-order valence-electron chi connectivity index (χ3n) is 5.87. The molecule has 1 atom stereocenters. The van der Waals surface area contributed by atoms with Crippen molar-refractivity contribution in [3.05, 3.63) is 77.4 Å². The van der Waals surface area contributed by atoms with Gasteiger partial charge in [-0.15, -0.1) is 0 Å². The molecule has 0 radical (unpaired) electrons. The number of methoxy groups -OCH3 is 2. The molecular formula is C26H27FN2O3. The van der Waals surface area contributed by atoms with Crippen molar-refractivity contribution in [2.24, 2.45) is 0 Å². The summed E-state index contributed by atoms with van der Waals surface area (Å²) in [5, 5.41) is 0. The minimum atomic E-state index is -0.262. The average Bonchev–Trinajstić information content (AvgIpc) is 3.29. The van der Waals surface area contributed by atoms with Crippen molar-refractivity contribution in [2.45, 2.75) is 32.2 Å². The molecule has 1 fully saturated rings. The summed E-state index contributed by atoms with van der Waals surface area (Å²) in [5.41, 5.74) is 4.54. The molecule has 2 aromatic carbocycles. The van der Waals surface area contributed by atoms with Crippen LogP contribution in [-0.2, 0) is 11.2 Å². The lowest BCUT2D eigenvalue weighted by Gasteiger charge is -2.25. The van der Waals surface area contributed by atoms with Gasteiger partial charge < -0.3 is 14.4 Å². The van der Waals surface area contributed by atoms with E-state index in [2.05, 4.69) is 0 Å². The third kappa shape index (κ3) is 4.59. The molecule has 0 saturated carbocycles. The van der Waals surface area contributed by atoms with Crippen LogP contribution in [0.3, 0.4) is 0 Å². The molecule has 3 aromatic rings. The quantitative estimate of drug-likeness (QED) is 0.540. The summed E-state index contributed by atoms with van der Waals surface area (Å²) in [5.74, 6) is 1.05. The van der Waals surface area contributed by atoms with Crippen LogP contribution < -0.4 is 9.47 Å².